The fourth-order valence-corrected chi connectivity index (χ4v) is 4.91. The molecule has 0 saturated carbocycles. The number of ether oxygens (including phenoxy) is 1. The molecule has 0 unspecified atom stereocenters. The van der Waals surface area contributed by atoms with Crippen LogP contribution in [0, 0.1) is 0 Å². The molecule has 2 aromatic carbocycles. The fraction of sp³-hybridized carbons (Fsp3) is 0.0417. The maximum Gasteiger partial charge on any atom is 0.232 e. The highest BCUT2D eigenvalue weighted by Crippen LogP contribution is 2.40. The van der Waals surface area contributed by atoms with Crippen molar-refractivity contribution in [2.24, 2.45) is 0 Å². The maximum absolute atomic E-state index is 12.0. The molecule has 0 amide bonds. The molecule has 0 radical (unpaired) electrons. The van der Waals surface area contributed by atoms with Crippen LogP contribution < -0.4 is 4.74 Å². The van der Waals surface area contributed by atoms with E-state index in [0.717, 1.165) is 26.9 Å². The molecule has 0 atom stereocenters. The van der Waals surface area contributed by atoms with Gasteiger partial charge in [-0.3, -0.25) is 4.98 Å². The van der Waals surface area contributed by atoms with E-state index in [0.29, 0.717) is 17.5 Å². The summed E-state index contributed by atoms with van der Waals surface area (Å²) in [7, 11) is -3.37. The number of fused-ring (bicyclic) bond motifs is 1. The molecule has 3 aromatic heterocycles. The zero-order valence-electron chi connectivity index (χ0n) is 17.0. The molecule has 0 spiro atoms. The van der Waals surface area contributed by atoms with Crippen molar-refractivity contribution >= 4 is 31.4 Å². The molecule has 5 rings (SSSR count). The summed E-state index contributed by atoms with van der Waals surface area (Å²) in [4.78, 5) is 14.6. The summed E-state index contributed by atoms with van der Waals surface area (Å²) in [5.74, 6) is 1.23. The van der Waals surface area contributed by atoms with Crippen LogP contribution in [0.5, 0.6) is 11.6 Å². The van der Waals surface area contributed by atoms with Crippen LogP contribution in [0.15, 0.2) is 89.4 Å². The molecule has 0 aliphatic heterocycles. The van der Waals surface area contributed by atoms with E-state index in [1.165, 1.54) is 23.7 Å². The van der Waals surface area contributed by atoms with E-state index >= 15 is 0 Å². The van der Waals surface area contributed by atoms with Gasteiger partial charge in [-0.2, -0.15) is 4.98 Å². The number of pyridine rings is 1. The van der Waals surface area contributed by atoms with E-state index < -0.39 is 9.84 Å². The fourth-order valence-electron chi connectivity index (χ4n) is 3.32. The van der Waals surface area contributed by atoms with E-state index in [2.05, 4.69) is 4.98 Å². The minimum atomic E-state index is -3.37. The van der Waals surface area contributed by atoms with Crippen molar-refractivity contribution in [3.63, 3.8) is 0 Å². The first-order valence-electron chi connectivity index (χ1n) is 9.72. The third kappa shape index (κ3) is 3.98. The van der Waals surface area contributed by atoms with Crippen molar-refractivity contribution in [3.05, 3.63) is 84.5 Å². The number of sulfone groups is 1. The maximum atomic E-state index is 12.0. The minimum Gasteiger partial charge on any atom is -0.438 e. The van der Waals surface area contributed by atoms with Crippen LogP contribution >= 0.6 is 11.3 Å². The average Bonchev–Trinajstić information content (AvgIpc) is 3.24. The summed E-state index contributed by atoms with van der Waals surface area (Å²) in [6.45, 7) is 0. The summed E-state index contributed by atoms with van der Waals surface area (Å²) < 4.78 is 30.2. The third-order valence-electron chi connectivity index (χ3n) is 4.85. The van der Waals surface area contributed by atoms with Gasteiger partial charge in [0.05, 0.1) is 10.3 Å². The quantitative estimate of drug-likeness (QED) is 0.339. The van der Waals surface area contributed by atoms with Crippen molar-refractivity contribution in [1.29, 1.82) is 0 Å². The molecule has 0 aliphatic rings. The van der Waals surface area contributed by atoms with Crippen molar-refractivity contribution in [2.45, 2.75) is 4.90 Å². The molecule has 158 valence electrons. The summed E-state index contributed by atoms with van der Waals surface area (Å²) in [6, 6.07) is 20.0. The monoisotopic (exact) mass is 459 g/mol. The summed E-state index contributed by atoms with van der Waals surface area (Å²) >= 11 is 1.50. The van der Waals surface area contributed by atoms with Crippen molar-refractivity contribution < 1.29 is 13.2 Å². The van der Waals surface area contributed by atoms with E-state index in [-0.39, 0.29) is 4.90 Å². The SMILES string of the molecule is CS(=O)(=O)c1cccc(Oc2nc(-c3cccnc3)nc3scc(-c4ccccc4)c23)c1. The van der Waals surface area contributed by atoms with Gasteiger partial charge in [0.1, 0.15) is 10.6 Å². The van der Waals surface area contributed by atoms with Gasteiger partial charge in [-0.05, 0) is 35.9 Å². The minimum absolute atomic E-state index is 0.182. The molecular formula is C24H17N3O3S2. The first-order chi connectivity index (χ1) is 15.5. The van der Waals surface area contributed by atoms with Gasteiger partial charge in [0.25, 0.3) is 0 Å². The molecule has 0 aliphatic carbocycles. The Bertz CT molecular complexity index is 1520. The Hall–Kier alpha value is -3.62. The molecule has 3 heterocycles. The number of benzene rings is 2. The Kier molecular flexibility index (Phi) is 5.16. The second-order valence-corrected chi connectivity index (χ2v) is 10.0. The second kappa shape index (κ2) is 8.14. The largest absolute Gasteiger partial charge is 0.438 e. The smallest absolute Gasteiger partial charge is 0.232 e. The van der Waals surface area contributed by atoms with Gasteiger partial charge in [-0.15, -0.1) is 11.3 Å². The van der Waals surface area contributed by atoms with E-state index in [1.54, 1.807) is 30.6 Å². The molecule has 6 nitrogen and oxygen atoms in total. The summed E-state index contributed by atoms with van der Waals surface area (Å²) in [5, 5.41) is 2.81. The van der Waals surface area contributed by atoms with Crippen molar-refractivity contribution in [3.8, 4) is 34.1 Å². The lowest BCUT2D eigenvalue weighted by atomic mass is 10.1. The number of rotatable bonds is 5. The highest BCUT2D eigenvalue weighted by molar-refractivity contribution is 7.90. The number of thiophene rings is 1. The predicted octanol–water partition coefficient (Wildman–Crippen LogP) is 5.62. The van der Waals surface area contributed by atoms with Crippen LogP contribution in [0.25, 0.3) is 32.7 Å². The molecule has 0 fully saturated rings. The first-order valence-corrected chi connectivity index (χ1v) is 12.5. The van der Waals surface area contributed by atoms with Crippen LogP contribution in [0.4, 0.5) is 0 Å². The molecule has 32 heavy (non-hydrogen) atoms. The molecular weight excluding hydrogens is 442 g/mol. The normalized spacial score (nSPS) is 11.5. The Labute approximate surface area is 189 Å². The van der Waals surface area contributed by atoms with Crippen molar-refractivity contribution in [2.75, 3.05) is 6.26 Å². The zero-order chi connectivity index (χ0) is 22.1. The molecule has 0 bridgehead atoms. The van der Waals surface area contributed by atoms with Gasteiger partial charge >= 0.3 is 0 Å². The van der Waals surface area contributed by atoms with Gasteiger partial charge in [-0.25, -0.2) is 13.4 Å². The molecule has 0 saturated heterocycles. The summed E-state index contributed by atoms with van der Waals surface area (Å²) in [6.07, 6.45) is 4.55. The van der Waals surface area contributed by atoms with Gasteiger partial charge in [-0.1, -0.05) is 36.4 Å². The second-order valence-electron chi connectivity index (χ2n) is 7.14. The van der Waals surface area contributed by atoms with Crippen LogP contribution in [-0.4, -0.2) is 29.6 Å². The lowest BCUT2D eigenvalue weighted by molar-refractivity contribution is 0.467. The molecule has 0 N–H and O–H groups in total. The molecule has 5 aromatic rings. The van der Waals surface area contributed by atoms with E-state index in [4.69, 9.17) is 14.7 Å². The predicted molar refractivity (Wildman–Crippen MR) is 126 cm³/mol. The first kappa shape index (κ1) is 20.3. The lowest BCUT2D eigenvalue weighted by Crippen LogP contribution is -1.99. The highest BCUT2D eigenvalue weighted by atomic mass is 32.2. The Morgan fingerprint density at radius 2 is 1.72 bits per heavy atom. The zero-order valence-corrected chi connectivity index (χ0v) is 18.6. The lowest BCUT2D eigenvalue weighted by Gasteiger charge is -2.11. The van der Waals surface area contributed by atoms with E-state index in [1.807, 2.05) is 47.8 Å². The highest BCUT2D eigenvalue weighted by Gasteiger charge is 2.19. The Morgan fingerprint density at radius 1 is 0.906 bits per heavy atom. The Morgan fingerprint density at radius 3 is 2.47 bits per heavy atom. The number of hydrogen-bond donors (Lipinski definition) is 0. The van der Waals surface area contributed by atoms with Crippen LogP contribution in [0.2, 0.25) is 0 Å². The van der Waals surface area contributed by atoms with Gasteiger partial charge in [0.2, 0.25) is 5.88 Å². The van der Waals surface area contributed by atoms with Gasteiger partial charge in [0.15, 0.2) is 15.7 Å². The van der Waals surface area contributed by atoms with E-state index in [9.17, 15) is 8.42 Å². The van der Waals surface area contributed by atoms with Crippen LogP contribution in [-0.2, 0) is 9.84 Å². The standard InChI is InChI=1S/C24H17N3O3S2/c1-32(28,29)19-11-5-10-18(13-19)30-23-21-20(16-7-3-2-4-8-16)15-31-24(21)27-22(26-23)17-9-6-12-25-14-17/h2-15H,1H3. The summed E-state index contributed by atoms with van der Waals surface area (Å²) in [5.41, 5.74) is 2.74. The number of aromatic nitrogens is 3. The van der Waals surface area contributed by atoms with Crippen LogP contribution in [0.1, 0.15) is 0 Å². The Balaban J connectivity index is 1.71. The average molecular weight is 460 g/mol. The molecule has 8 heteroatoms. The third-order valence-corrected chi connectivity index (χ3v) is 6.84. The topological polar surface area (TPSA) is 82.0 Å². The number of nitrogens with zero attached hydrogens (tertiary/aromatic N) is 3. The van der Waals surface area contributed by atoms with Crippen LogP contribution in [0.3, 0.4) is 0 Å². The van der Waals surface area contributed by atoms with Gasteiger partial charge < -0.3 is 4.74 Å². The van der Waals surface area contributed by atoms with Gasteiger partial charge in [0, 0.05) is 35.2 Å². The number of hydrogen-bond acceptors (Lipinski definition) is 7. The van der Waals surface area contributed by atoms with Crippen molar-refractivity contribution in [1.82, 2.24) is 15.0 Å².